The maximum absolute atomic E-state index is 13.8. The predicted molar refractivity (Wildman–Crippen MR) is 144 cm³/mol. The number of thioether (sulfide) groups is 1. The summed E-state index contributed by atoms with van der Waals surface area (Å²) < 4.78 is 1.96. The van der Waals surface area contributed by atoms with E-state index in [1.807, 2.05) is 30.7 Å². The van der Waals surface area contributed by atoms with Crippen LogP contribution in [0, 0.1) is 34.5 Å². The molecule has 0 amide bonds. The van der Waals surface area contributed by atoms with Gasteiger partial charge in [-0.2, -0.15) is 0 Å². The molecule has 4 aliphatic rings. The van der Waals surface area contributed by atoms with E-state index in [1.54, 1.807) is 24.4 Å². The van der Waals surface area contributed by atoms with Crippen molar-refractivity contribution in [3.8, 4) is 0 Å². The minimum Gasteiger partial charge on any atom is -0.319 e. The van der Waals surface area contributed by atoms with Crippen LogP contribution in [0.1, 0.15) is 79.1 Å². The van der Waals surface area contributed by atoms with E-state index in [1.165, 1.54) is 18.4 Å². The first-order valence-corrected chi connectivity index (χ1v) is 15.0. The van der Waals surface area contributed by atoms with Crippen molar-refractivity contribution in [2.45, 2.75) is 90.6 Å². The summed E-state index contributed by atoms with van der Waals surface area (Å²) >= 11 is 1.57. The number of Topliss-reactive ketones (excluding diaryl/α,β-unsaturated/α-hetero) is 1. The zero-order valence-corrected chi connectivity index (χ0v) is 23.2. The Morgan fingerprint density at radius 3 is 2.64 bits per heavy atom. The third-order valence-corrected chi connectivity index (χ3v) is 10.9. The van der Waals surface area contributed by atoms with Gasteiger partial charge in [-0.15, -0.1) is 11.8 Å². The van der Waals surface area contributed by atoms with Gasteiger partial charge in [-0.1, -0.05) is 33.3 Å². The maximum atomic E-state index is 13.8. The summed E-state index contributed by atoms with van der Waals surface area (Å²) in [5.41, 5.74) is 3.21. The Kier molecular flexibility index (Phi) is 6.90. The summed E-state index contributed by atoms with van der Waals surface area (Å²) in [5, 5.41) is 0.872. The lowest BCUT2D eigenvalue weighted by Crippen LogP contribution is -2.51. The van der Waals surface area contributed by atoms with Gasteiger partial charge in [-0.05, 0) is 85.9 Å². The third-order valence-electron chi connectivity index (χ3n) is 10.2. The minimum atomic E-state index is 0.0789. The SMILES string of the molecule is CC.CSc1ncnc2ncn(CC(=O)[C@H]3CCC4C5CCC6=CC(=O)CC[C@@]6(C)C5CC[C@]43C)c12. The number of carbonyl (C=O) groups is 2. The highest BCUT2D eigenvalue weighted by atomic mass is 32.2. The monoisotopic (exact) mass is 508 g/mol. The second kappa shape index (κ2) is 9.70. The molecule has 0 aromatic carbocycles. The molecule has 2 aromatic rings. The second-order valence-corrected chi connectivity index (χ2v) is 12.3. The van der Waals surface area contributed by atoms with Gasteiger partial charge in [-0.25, -0.2) is 15.0 Å². The number of hydrogen-bond donors (Lipinski definition) is 0. The highest BCUT2D eigenvalue weighted by Gasteiger charge is 2.60. The molecule has 4 aliphatic carbocycles. The Balaban J connectivity index is 0.00000130. The topological polar surface area (TPSA) is 77.7 Å². The van der Waals surface area contributed by atoms with Gasteiger partial charge in [0.15, 0.2) is 17.2 Å². The summed E-state index contributed by atoms with van der Waals surface area (Å²) in [4.78, 5) is 39.0. The first-order valence-electron chi connectivity index (χ1n) is 13.8. The Labute approximate surface area is 219 Å². The first-order chi connectivity index (χ1) is 17.3. The van der Waals surface area contributed by atoms with Crippen LogP contribution in [0.25, 0.3) is 11.2 Å². The molecular formula is C29H40N4O2S. The third kappa shape index (κ3) is 3.88. The summed E-state index contributed by atoms with van der Waals surface area (Å²) in [6.45, 7) is 9.19. The minimum absolute atomic E-state index is 0.0789. The van der Waals surface area contributed by atoms with Crippen molar-refractivity contribution in [2.75, 3.05) is 6.26 Å². The zero-order valence-electron chi connectivity index (χ0n) is 22.4. The van der Waals surface area contributed by atoms with Gasteiger partial charge in [0.2, 0.25) is 0 Å². The molecule has 2 heterocycles. The molecule has 36 heavy (non-hydrogen) atoms. The van der Waals surface area contributed by atoms with Gasteiger partial charge in [-0.3, -0.25) is 9.59 Å². The van der Waals surface area contributed by atoms with Gasteiger partial charge >= 0.3 is 0 Å². The van der Waals surface area contributed by atoms with Crippen molar-refractivity contribution in [1.82, 2.24) is 19.5 Å². The normalized spacial score (nSPS) is 35.2. The van der Waals surface area contributed by atoms with Crippen molar-refractivity contribution < 1.29 is 9.59 Å². The number of carbonyl (C=O) groups excluding carboxylic acids is 2. The fourth-order valence-corrected chi connectivity index (χ4v) is 9.07. The van der Waals surface area contributed by atoms with E-state index in [-0.39, 0.29) is 16.7 Å². The Hall–Kier alpha value is -2.02. The Bertz CT molecular complexity index is 1210. The van der Waals surface area contributed by atoms with Crippen molar-refractivity contribution in [3.63, 3.8) is 0 Å². The van der Waals surface area contributed by atoms with E-state index >= 15 is 0 Å². The average Bonchev–Trinajstić information content (AvgIpc) is 3.46. The van der Waals surface area contributed by atoms with Gasteiger partial charge in [0.05, 0.1) is 12.9 Å². The fourth-order valence-electron chi connectivity index (χ4n) is 8.52. The van der Waals surface area contributed by atoms with Gasteiger partial charge in [0.25, 0.3) is 0 Å². The molecule has 7 heteroatoms. The quantitative estimate of drug-likeness (QED) is 0.357. The molecular weight excluding hydrogens is 468 g/mol. The summed E-state index contributed by atoms with van der Waals surface area (Å²) in [6.07, 6.45) is 15.7. The number of rotatable bonds is 4. The molecule has 0 N–H and O–H groups in total. The molecule has 0 aliphatic heterocycles. The van der Waals surface area contributed by atoms with Crippen molar-refractivity contribution in [2.24, 2.45) is 34.5 Å². The molecule has 6 atom stereocenters. The predicted octanol–water partition coefficient (Wildman–Crippen LogP) is 6.29. The zero-order chi connectivity index (χ0) is 25.7. The van der Waals surface area contributed by atoms with Crippen LogP contribution >= 0.6 is 11.8 Å². The van der Waals surface area contributed by atoms with Gasteiger partial charge < -0.3 is 4.57 Å². The molecule has 0 spiro atoms. The Morgan fingerprint density at radius 2 is 1.86 bits per heavy atom. The second-order valence-electron chi connectivity index (χ2n) is 11.5. The Morgan fingerprint density at radius 1 is 1.06 bits per heavy atom. The molecule has 3 unspecified atom stereocenters. The maximum Gasteiger partial charge on any atom is 0.181 e. The van der Waals surface area contributed by atoms with E-state index in [0.29, 0.717) is 47.9 Å². The molecule has 3 saturated carbocycles. The number of allylic oxidation sites excluding steroid dienone is 1. The van der Waals surface area contributed by atoms with Crippen LogP contribution in [0.4, 0.5) is 0 Å². The van der Waals surface area contributed by atoms with E-state index < -0.39 is 0 Å². The number of fused-ring (bicyclic) bond motifs is 6. The van der Waals surface area contributed by atoms with Crippen molar-refractivity contribution in [1.29, 1.82) is 0 Å². The lowest BCUT2D eigenvalue weighted by Gasteiger charge is -2.58. The first kappa shape index (κ1) is 25.6. The number of ketones is 2. The number of imidazole rings is 1. The van der Waals surface area contributed by atoms with Crippen LogP contribution < -0.4 is 0 Å². The molecule has 3 fully saturated rings. The number of aromatic nitrogens is 4. The highest BCUT2D eigenvalue weighted by molar-refractivity contribution is 7.98. The van der Waals surface area contributed by atoms with Crippen LogP contribution in [-0.2, 0) is 16.1 Å². The number of hydrogen-bond acceptors (Lipinski definition) is 6. The van der Waals surface area contributed by atoms with Crippen LogP contribution in [0.2, 0.25) is 0 Å². The standard InChI is InChI=1S/C27H34N4O2S.C2H6/c1-26-10-8-17(32)12-16(26)4-5-18-19-6-7-21(27(19,2)11-9-20(18)26)22(33)13-31-15-30-24-23(31)25(34-3)29-14-28-24;1-2/h12,14-15,18-21H,4-11,13H2,1-3H3;1-2H3/t18?,19?,20?,21-,26-,27-;/m1./s1. The molecule has 0 radical (unpaired) electrons. The molecule has 2 aromatic heterocycles. The molecule has 6 rings (SSSR count). The molecule has 6 nitrogen and oxygen atoms in total. The van der Waals surface area contributed by atoms with Crippen LogP contribution in [-0.4, -0.2) is 37.3 Å². The average molecular weight is 509 g/mol. The largest absolute Gasteiger partial charge is 0.319 e. The lowest BCUT2D eigenvalue weighted by atomic mass is 9.46. The molecule has 0 saturated heterocycles. The molecule has 0 bridgehead atoms. The van der Waals surface area contributed by atoms with E-state index in [0.717, 1.165) is 42.6 Å². The van der Waals surface area contributed by atoms with Crippen molar-refractivity contribution >= 4 is 34.5 Å². The fraction of sp³-hybridized carbons (Fsp3) is 0.690. The summed E-state index contributed by atoms with van der Waals surface area (Å²) in [7, 11) is 0. The number of nitrogens with zero attached hydrogens (tertiary/aromatic N) is 4. The van der Waals surface area contributed by atoms with Crippen LogP contribution in [0.15, 0.2) is 29.3 Å². The highest BCUT2D eigenvalue weighted by Crippen LogP contribution is 2.66. The van der Waals surface area contributed by atoms with Crippen LogP contribution in [0.3, 0.4) is 0 Å². The summed E-state index contributed by atoms with van der Waals surface area (Å²) in [5.74, 6) is 2.71. The lowest BCUT2D eigenvalue weighted by molar-refractivity contribution is -0.131. The van der Waals surface area contributed by atoms with Crippen molar-refractivity contribution in [3.05, 3.63) is 24.3 Å². The smallest absolute Gasteiger partial charge is 0.181 e. The van der Waals surface area contributed by atoms with Crippen LogP contribution in [0.5, 0.6) is 0 Å². The van der Waals surface area contributed by atoms with E-state index in [4.69, 9.17) is 0 Å². The van der Waals surface area contributed by atoms with Gasteiger partial charge in [0, 0.05) is 12.3 Å². The van der Waals surface area contributed by atoms with E-state index in [2.05, 4.69) is 28.8 Å². The molecule has 194 valence electrons. The summed E-state index contributed by atoms with van der Waals surface area (Å²) in [6, 6.07) is 0. The van der Waals surface area contributed by atoms with Gasteiger partial charge in [0.1, 0.15) is 16.9 Å². The van der Waals surface area contributed by atoms with E-state index in [9.17, 15) is 9.59 Å².